The lowest BCUT2D eigenvalue weighted by molar-refractivity contribution is -0.123. The lowest BCUT2D eigenvalue weighted by atomic mass is 9.95. The van der Waals surface area contributed by atoms with Crippen LogP contribution >= 0.6 is 11.6 Å². The fraction of sp³-hybridized carbons (Fsp3) is 0.417. The number of halogens is 1. The Hall–Kier alpha value is -1.22. The zero-order valence-corrected chi connectivity index (χ0v) is 10.8. The zero-order valence-electron chi connectivity index (χ0n) is 10.0. The maximum Gasteiger partial charge on any atom is 0.229 e. The lowest BCUT2D eigenvalue weighted by Crippen LogP contribution is -2.27. The van der Waals surface area contributed by atoms with Crippen molar-refractivity contribution < 1.29 is 4.79 Å². The molecule has 88 valence electrons. The van der Waals surface area contributed by atoms with Gasteiger partial charge in [-0.2, -0.15) is 0 Å². The first-order chi connectivity index (χ1) is 7.21. The molecule has 0 aliphatic heterocycles. The van der Waals surface area contributed by atoms with E-state index in [-0.39, 0.29) is 5.91 Å². The van der Waals surface area contributed by atoms with Crippen LogP contribution in [0.4, 0.5) is 11.4 Å². The van der Waals surface area contributed by atoms with Gasteiger partial charge in [-0.15, -0.1) is 0 Å². The minimum Gasteiger partial charge on any atom is -0.398 e. The Morgan fingerprint density at radius 3 is 2.44 bits per heavy atom. The van der Waals surface area contributed by atoms with E-state index in [1.165, 1.54) is 0 Å². The second kappa shape index (κ2) is 4.34. The normalized spacial score (nSPS) is 11.3. The fourth-order valence-electron chi connectivity index (χ4n) is 1.15. The number of aryl methyl sites for hydroxylation is 1. The second-order valence-electron chi connectivity index (χ2n) is 4.89. The van der Waals surface area contributed by atoms with Crippen molar-refractivity contribution in [3.05, 3.63) is 22.7 Å². The van der Waals surface area contributed by atoms with E-state index in [0.29, 0.717) is 16.4 Å². The summed E-state index contributed by atoms with van der Waals surface area (Å²) >= 11 is 5.91. The van der Waals surface area contributed by atoms with E-state index < -0.39 is 5.41 Å². The molecular weight excluding hydrogens is 224 g/mol. The van der Waals surface area contributed by atoms with Gasteiger partial charge < -0.3 is 11.1 Å². The largest absolute Gasteiger partial charge is 0.398 e. The van der Waals surface area contributed by atoms with Gasteiger partial charge in [0, 0.05) is 11.1 Å². The smallest absolute Gasteiger partial charge is 0.229 e. The lowest BCUT2D eigenvalue weighted by Gasteiger charge is -2.19. The highest BCUT2D eigenvalue weighted by atomic mass is 35.5. The van der Waals surface area contributed by atoms with Gasteiger partial charge in [0.15, 0.2) is 0 Å². The van der Waals surface area contributed by atoms with Crippen molar-refractivity contribution in [3.63, 3.8) is 0 Å². The molecule has 0 aromatic heterocycles. The molecule has 0 aliphatic carbocycles. The molecule has 0 bridgehead atoms. The van der Waals surface area contributed by atoms with Crippen molar-refractivity contribution in [1.29, 1.82) is 0 Å². The van der Waals surface area contributed by atoms with Gasteiger partial charge in [0.2, 0.25) is 5.91 Å². The minimum absolute atomic E-state index is 0.0450. The molecule has 0 aliphatic rings. The molecule has 0 fully saturated rings. The standard InChI is InChI=1S/C12H17ClN2O/c1-7-5-9(14)8(13)6-10(7)15-11(16)12(2,3)4/h5-6H,14H2,1-4H3,(H,15,16). The van der Waals surface area contributed by atoms with Crippen LogP contribution in [-0.4, -0.2) is 5.91 Å². The molecule has 16 heavy (non-hydrogen) atoms. The van der Waals surface area contributed by atoms with E-state index in [0.717, 1.165) is 5.56 Å². The molecule has 1 aromatic carbocycles. The van der Waals surface area contributed by atoms with Crippen molar-refractivity contribution in [2.75, 3.05) is 11.1 Å². The van der Waals surface area contributed by atoms with Gasteiger partial charge >= 0.3 is 0 Å². The third-order valence-electron chi connectivity index (χ3n) is 2.27. The number of carbonyl (C=O) groups excluding carboxylic acids is 1. The molecule has 0 unspecified atom stereocenters. The number of carbonyl (C=O) groups is 1. The third-order valence-corrected chi connectivity index (χ3v) is 2.60. The minimum atomic E-state index is -0.430. The third kappa shape index (κ3) is 2.89. The first-order valence-electron chi connectivity index (χ1n) is 5.09. The summed E-state index contributed by atoms with van der Waals surface area (Å²) in [6.45, 7) is 7.45. The van der Waals surface area contributed by atoms with Crippen molar-refractivity contribution in [3.8, 4) is 0 Å². The summed E-state index contributed by atoms with van der Waals surface area (Å²) in [4.78, 5) is 11.8. The van der Waals surface area contributed by atoms with Crippen LogP contribution in [0, 0.1) is 12.3 Å². The van der Waals surface area contributed by atoms with Crippen LogP contribution in [-0.2, 0) is 4.79 Å². The summed E-state index contributed by atoms with van der Waals surface area (Å²) in [5.74, 6) is -0.0450. The molecule has 0 saturated heterocycles. The molecule has 4 heteroatoms. The number of anilines is 2. The Balaban J connectivity index is 2.99. The predicted molar refractivity (Wildman–Crippen MR) is 68.7 cm³/mol. The average molecular weight is 241 g/mol. The van der Waals surface area contributed by atoms with Gasteiger partial charge in [-0.1, -0.05) is 32.4 Å². The zero-order chi connectivity index (χ0) is 12.5. The van der Waals surface area contributed by atoms with E-state index >= 15 is 0 Å². The molecule has 0 atom stereocenters. The summed E-state index contributed by atoms with van der Waals surface area (Å²) in [6.07, 6.45) is 0. The molecule has 0 spiro atoms. The molecule has 0 saturated carbocycles. The number of hydrogen-bond donors (Lipinski definition) is 2. The first-order valence-corrected chi connectivity index (χ1v) is 5.46. The molecule has 0 radical (unpaired) electrons. The highest BCUT2D eigenvalue weighted by Crippen LogP contribution is 2.28. The van der Waals surface area contributed by atoms with E-state index in [2.05, 4.69) is 5.32 Å². The van der Waals surface area contributed by atoms with Crippen LogP contribution in [0.2, 0.25) is 5.02 Å². The maximum absolute atomic E-state index is 11.8. The Labute approximate surface area is 101 Å². The topological polar surface area (TPSA) is 55.1 Å². The Bertz CT molecular complexity index is 422. The molecule has 1 aromatic rings. The first kappa shape index (κ1) is 12.8. The van der Waals surface area contributed by atoms with Crippen LogP contribution in [0.15, 0.2) is 12.1 Å². The number of nitrogens with two attached hydrogens (primary N) is 1. The van der Waals surface area contributed by atoms with Crippen LogP contribution in [0.1, 0.15) is 26.3 Å². The Kier molecular flexibility index (Phi) is 3.48. The van der Waals surface area contributed by atoms with E-state index in [4.69, 9.17) is 17.3 Å². The van der Waals surface area contributed by atoms with Crippen LogP contribution < -0.4 is 11.1 Å². The Morgan fingerprint density at radius 1 is 1.38 bits per heavy atom. The summed E-state index contributed by atoms with van der Waals surface area (Å²) in [5.41, 5.74) is 7.36. The highest BCUT2D eigenvalue weighted by molar-refractivity contribution is 6.33. The van der Waals surface area contributed by atoms with Gasteiger partial charge in [0.1, 0.15) is 0 Å². The van der Waals surface area contributed by atoms with Crippen LogP contribution in [0.25, 0.3) is 0 Å². The summed E-state index contributed by atoms with van der Waals surface area (Å²) < 4.78 is 0. The number of rotatable bonds is 1. The number of nitrogen functional groups attached to an aromatic ring is 1. The number of nitrogens with one attached hydrogen (secondary N) is 1. The van der Waals surface area contributed by atoms with Gasteiger partial charge in [-0.3, -0.25) is 4.79 Å². The highest BCUT2D eigenvalue weighted by Gasteiger charge is 2.21. The van der Waals surface area contributed by atoms with Crippen LogP contribution in [0.3, 0.4) is 0 Å². The van der Waals surface area contributed by atoms with Gasteiger partial charge in [0.05, 0.1) is 10.7 Å². The maximum atomic E-state index is 11.8. The summed E-state index contributed by atoms with van der Waals surface area (Å²) in [7, 11) is 0. The van der Waals surface area contributed by atoms with Crippen molar-refractivity contribution in [1.82, 2.24) is 0 Å². The predicted octanol–water partition coefficient (Wildman–Crippen LogP) is 3.22. The number of hydrogen-bond acceptors (Lipinski definition) is 2. The average Bonchev–Trinajstić information content (AvgIpc) is 2.12. The van der Waals surface area contributed by atoms with Gasteiger partial charge in [-0.25, -0.2) is 0 Å². The quantitative estimate of drug-likeness (QED) is 0.741. The number of amides is 1. The van der Waals surface area contributed by atoms with E-state index in [9.17, 15) is 4.79 Å². The molecule has 3 nitrogen and oxygen atoms in total. The summed E-state index contributed by atoms with van der Waals surface area (Å²) in [6, 6.07) is 3.43. The molecular formula is C12H17ClN2O. The van der Waals surface area contributed by atoms with Crippen molar-refractivity contribution >= 4 is 28.9 Å². The van der Waals surface area contributed by atoms with Crippen molar-refractivity contribution in [2.24, 2.45) is 5.41 Å². The van der Waals surface area contributed by atoms with E-state index in [1.807, 2.05) is 27.7 Å². The molecule has 0 heterocycles. The molecule has 1 rings (SSSR count). The van der Waals surface area contributed by atoms with Crippen LogP contribution in [0.5, 0.6) is 0 Å². The Morgan fingerprint density at radius 2 is 1.94 bits per heavy atom. The fourth-order valence-corrected chi connectivity index (χ4v) is 1.31. The summed E-state index contributed by atoms with van der Waals surface area (Å²) in [5, 5.41) is 3.29. The monoisotopic (exact) mass is 240 g/mol. The molecule has 1 amide bonds. The van der Waals surface area contributed by atoms with Gasteiger partial charge in [0.25, 0.3) is 0 Å². The SMILES string of the molecule is Cc1cc(N)c(Cl)cc1NC(=O)C(C)(C)C. The van der Waals surface area contributed by atoms with Crippen molar-refractivity contribution in [2.45, 2.75) is 27.7 Å². The molecule has 3 N–H and O–H groups in total. The second-order valence-corrected chi connectivity index (χ2v) is 5.30. The number of benzene rings is 1. The van der Waals surface area contributed by atoms with E-state index in [1.54, 1.807) is 12.1 Å². The van der Waals surface area contributed by atoms with Gasteiger partial charge in [-0.05, 0) is 24.6 Å².